The van der Waals surface area contributed by atoms with Gasteiger partial charge in [0, 0.05) is 17.0 Å². The molecule has 1 heterocycles. The van der Waals surface area contributed by atoms with Crippen LogP contribution >= 0.6 is 0 Å². The van der Waals surface area contributed by atoms with E-state index < -0.39 is 5.97 Å². The number of aryl methyl sites for hydroxylation is 2. The van der Waals surface area contributed by atoms with Gasteiger partial charge in [-0.15, -0.1) is 0 Å². The largest absolute Gasteiger partial charge is 0.464 e. The molecule has 1 amide bonds. The number of fused-ring (bicyclic) bond motifs is 1. The van der Waals surface area contributed by atoms with E-state index in [1.807, 2.05) is 26.0 Å². The van der Waals surface area contributed by atoms with Crippen molar-refractivity contribution in [3.63, 3.8) is 0 Å². The van der Waals surface area contributed by atoms with Gasteiger partial charge in [0.2, 0.25) is 0 Å². The maximum Gasteiger partial charge on any atom is 0.310 e. The quantitative estimate of drug-likeness (QED) is 0.804. The van der Waals surface area contributed by atoms with Gasteiger partial charge in [-0.2, -0.15) is 0 Å². The molecule has 2 aromatic rings. The Morgan fingerprint density at radius 1 is 1.19 bits per heavy atom. The van der Waals surface area contributed by atoms with E-state index in [9.17, 15) is 9.59 Å². The first kappa shape index (κ1) is 19.5. The zero-order valence-corrected chi connectivity index (χ0v) is 16.6. The molecule has 1 aromatic heterocycles. The van der Waals surface area contributed by atoms with Crippen molar-refractivity contribution in [2.75, 3.05) is 6.61 Å². The summed E-state index contributed by atoms with van der Waals surface area (Å²) in [4.78, 5) is 24.3. The number of hydrogen-bond acceptors (Lipinski definition) is 4. The molecule has 0 bridgehead atoms. The minimum Gasteiger partial charge on any atom is -0.464 e. The lowest BCUT2D eigenvalue weighted by atomic mass is 9.78. The number of furan rings is 1. The second kappa shape index (κ2) is 8.15. The molecule has 0 saturated heterocycles. The number of rotatable bonds is 5. The smallest absolute Gasteiger partial charge is 0.310 e. The van der Waals surface area contributed by atoms with Gasteiger partial charge in [0.25, 0.3) is 5.91 Å². The Morgan fingerprint density at radius 2 is 1.93 bits per heavy atom. The lowest BCUT2D eigenvalue weighted by molar-refractivity contribution is -0.148. The third-order valence-corrected chi connectivity index (χ3v) is 6.02. The van der Waals surface area contributed by atoms with Crippen molar-refractivity contribution >= 4 is 22.8 Å². The number of nitrogens with one attached hydrogen (secondary N) is 1. The van der Waals surface area contributed by atoms with Gasteiger partial charge in [-0.3, -0.25) is 9.59 Å². The molecule has 1 aromatic carbocycles. The third kappa shape index (κ3) is 4.52. The van der Waals surface area contributed by atoms with Gasteiger partial charge in [-0.1, -0.05) is 26.7 Å². The highest BCUT2D eigenvalue weighted by atomic mass is 16.5. The van der Waals surface area contributed by atoms with Crippen LogP contribution in [0.1, 0.15) is 49.8 Å². The fraction of sp³-hybridized carbons (Fsp3) is 0.545. The number of ether oxygens (including phenoxy) is 1. The van der Waals surface area contributed by atoms with E-state index in [2.05, 4.69) is 19.2 Å². The van der Waals surface area contributed by atoms with Crippen LogP contribution in [-0.2, 0) is 20.7 Å². The predicted molar refractivity (Wildman–Crippen MR) is 104 cm³/mol. The standard InChI is InChI=1S/C22H29NO4/c1-13-6-5-7-19(16(13)4)23-21(24)12-27-22(25)10-17-11-26-20-9-15(3)14(2)8-18(17)20/h8-9,11,13,16,19H,5-7,10,12H2,1-4H3,(H,23,24)/t13-,16+,19+/m0/s1. The average Bonchev–Trinajstić information content (AvgIpc) is 2.99. The fourth-order valence-electron chi connectivity index (χ4n) is 3.86. The van der Waals surface area contributed by atoms with Gasteiger partial charge < -0.3 is 14.5 Å². The first-order valence-corrected chi connectivity index (χ1v) is 9.77. The summed E-state index contributed by atoms with van der Waals surface area (Å²) in [6.07, 6.45) is 5.02. The maximum absolute atomic E-state index is 12.2. The maximum atomic E-state index is 12.2. The van der Waals surface area contributed by atoms with Crippen LogP contribution < -0.4 is 5.32 Å². The van der Waals surface area contributed by atoms with Gasteiger partial charge in [-0.25, -0.2) is 0 Å². The second-order valence-corrected chi connectivity index (χ2v) is 7.97. The highest BCUT2D eigenvalue weighted by Gasteiger charge is 2.28. The highest BCUT2D eigenvalue weighted by Crippen LogP contribution is 2.29. The first-order valence-electron chi connectivity index (χ1n) is 9.77. The first-order chi connectivity index (χ1) is 12.8. The van der Waals surface area contributed by atoms with Gasteiger partial charge in [-0.05, 0) is 55.4 Å². The third-order valence-electron chi connectivity index (χ3n) is 6.02. The van der Waals surface area contributed by atoms with Crippen LogP contribution in [0.25, 0.3) is 11.0 Å². The summed E-state index contributed by atoms with van der Waals surface area (Å²) in [5, 5.41) is 3.94. The average molecular weight is 371 g/mol. The van der Waals surface area contributed by atoms with E-state index in [1.165, 1.54) is 6.42 Å². The van der Waals surface area contributed by atoms with Crippen LogP contribution in [-0.4, -0.2) is 24.5 Å². The Morgan fingerprint density at radius 3 is 2.70 bits per heavy atom. The number of hydrogen-bond donors (Lipinski definition) is 1. The Balaban J connectivity index is 1.52. The Bertz CT molecular complexity index is 838. The van der Waals surface area contributed by atoms with Crippen molar-refractivity contribution in [2.45, 2.75) is 59.4 Å². The van der Waals surface area contributed by atoms with Crippen LogP contribution in [0.3, 0.4) is 0 Å². The molecule has 146 valence electrons. The summed E-state index contributed by atoms with van der Waals surface area (Å²) in [7, 11) is 0. The van der Waals surface area contributed by atoms with Crippen molar-refractivity contribution in [1.82, 2.24) is 5.32 Å². The second-order valence-electron chi connectivity index (χ2n) is 7.97. The molecule has 5 heteroatoms. The van der Waals surface area contributed by atoms with Crippen LogP contribution in [0, 0.1) is 25.7 Å². The molecule has 0 spiro atoms. The van der Waals surface area contributed by atoms with E-state index in [-0.39, 0.29) is 25.0 Å². The van der Waals surface area contributed by atoms with Gasteiger partial charge >= 0.3 is 5.97 Å². The summed E-state index contributed by atoms with van der Waals surface area (Å²) in [6.45, 7) is 8.22. The molecule has 0 unspecified atom stereocenters. The molecule has 1 N–H and O–H groups in total. The summed E-state index contributed by atoms with van der Waals surface area (Å²) < 4.78 is 10.7. The van der Waals surface area contributed by atoms with Crippen molar-refractivity contribution in [3.05, 3.63) is 35.1 Å². The molecule has 1 saturated carbocycles. The Hall–Kier alpha value is -2.30. The van der Waals surface area contributed by atoms with Crippen LogP contribution in [0.2, 0.25) is 0 Å². The molecule has 3 atom stereocenters. The summed E-state index contributed by atoms with van der Waals surface area (Å²) in [6, 6.07) is 4.16. The topological polar surface area (TPSA) is 68.5 Å². The van der Waals surface area contributed by atoms with E-state index in [4.69, 9.17) is 9.15 Å². The number of carbonyl (C=O) groups is 2. The fourth-order valence-corrected chi connectivity index (χ4v) is 3.86. The molecule has 3 rings (SSSR count). The predicted octanol–water partition coefficient (Wildman–Crippen LogP) is 4.08. The van der Waals surface area contributed by atoms with Gasteiger partial charge in [0.05, 0.1) is 12.7 Å². The van der Waals surface area contributed by atoms with E-state index in [0.29, 0.717) is 11.8 Å². The lowest BCUT2D eigenvalue weighted by Crippen LogP contribution is -2.45. The minimum absolute atomic E-state index is 0.0969. The number of carbonyl (C=O) groups excluding carboxylic acids is 2. The molecule has 0 radical (unpaired) electrons. The lowest BCUT2D eigenvalue weighted by Gasteiger charge is -2.34. The summed E-state index contributed by atoms with van der Waals surface area (Å²) in [5.74, 6) is 0.407. The Kier molecular flexibility index (Phi) is 5.88. The van der Waals surface area contributed by atoms with E-state index in [0.717, 1.165) is 40.5 Å². The monoisotopic (exact) mass is 371 g/mol. The van der Waals surface area contributed by atoms with Crippen molar-refractivity contribution in [3.8, 4) is 0 Å². The van der Waals surface area contributed by atoms with Crippen molar-refractivity contribution in [1.29, 1.82) is 0 Å². The number of amides is 1. The van der Waals surface area contributed by atoms with Gasteiger partial charge in [0.1, 0.15) is 5.58 Å². The SMILES string of the molecule is Cc1cc2occ(CC(=O)OCC(=O)N[C@@H]3CCC[C@H](C)[C@H]3C)c2cc1C. The molecule has 1 aliphatic carbocycles. The zero-order chi connectivity index (χ0) is 19.6. The zero-order valence-electron chi connectivity index (χ0n) is 16.6. The highest BCUT2D eigenvalue weighted by molar-refractivity contribution is 5.87. The molecular formula is C22H29NO4. The molecule has 27 heavy (non-hydrogen) atoms. The minimum atomic E-state index is -0.420. The number of benzene rings is 1. The molecular weight excluding hydrogens is 342 g/mol. The summed E-state index contributed by atoms with van der Waals surface area (Å²) in [5.41, 5.74) is 3.84. The van der Waals surface area contributed by atoms with Crippen molar-refractivity contribution in [2.24, 2.45) is 11.8 Å². The van der Waals surface area contributed by atoms with Crippen LogP contribution in [0.5, 0.6) is 0 Å². The van der Waals surface area contributed by atoms with E-state index in [1.54, 1.807) is 6.26 Å². The normalized spacial score (nSPS) is 22.6. The van der Waals surface area contributed by atoms with Gasteiger partial charge in [0.15, 0.2) is 6.61 Å². The summed E-state index contributed by atoms with van der Waals surface area (Å²) >= 11 is 0. The van der Waals surface area contributed by atoms with Crippen molar-refractivity contribution < 1.29 is 18.7 Å². The van der Waals surface area contributed by atoms with E-state index >= 15 is 0 Å². The molecule has 0 aliphatic heterocycles. The number of esters is 1. The molecule has 1 fully saturated rings. The van der Waals surface area contributed by atoms with Crippen LogP contribution in [0.15, 0.2) is 22.8 Å². The molecule has 5 nitrogen and oxygen atoms in total. The molecule has 1 aliphatic rings. The Labute approximate surface area is 160 Å². The van der Waals surface area contributed by atoms with Crippen LogP contribution in [0.4, 0.5) is 0 Å².